The normalized spacial score (nSPS) is 31.7. The van der Waals surface area contributed by atoms with Gasteiger partial charge in [-0.25, -0.2) is 0 Å². The van der Waals surface area contributed by atoms with Crippen LogP contribution in [-0.2, 0) is 9.47 Å². The third kappa shape index (κ3) is 5.03. The van der Waals surface area contributed by atoms with E-state index < -0.39 is 0 Å². The molecule has 0 aromatic carbocycles. The molecule has 0 aromatic heterocycles. The lowest BCUT2D eigenvalue weighted by Crippen LogP contribution is -2.38. The van der Waals surface area contributed by atoms with Crippen molar-refractivity contribution in [3.8, 4) is 0 Å². The fourth-order valence-corrected chi connectivity index (χ4v) is 2.94. The monoisotopic (exact) mass is 270 g/mol. The lowest BCUT2D eigenvalue weighted by atomic mass is 10.1. The van der Waals surface area contributed by atoms with Crippen LogP contribution in [0.1, 0.15) is 33.1 Å². The van der Waals surface area contributed by atoms with E-state index in [1.807, 2.05) is 0 Å². The van der Waals surface area contributed by atoms with Crippen molar-refractivity contribution in [2.24, 2.45) is 5.92 Å². The van der Waals surface area contributed by atoms with Crippen LogP contribution < -0.4 is 5.32 Å². The van der Waals surface area contributed by atoms with E-state index in [2.05, 4.69) is 31.1 Å². The van der Waals surface area contributed by atoms with Gasteiger partial charge in [0.1, 0.15) is 0 Å². The minimum atomic E-state index is 0.413. The number of hydrogen-bond donors (Lipinski definition) is 1. The van der Waals surface area contributed by atoms with E-state index in [-0.39, 0.29) is 0 Å². The van der Waals surface area contributed by atoms with Crippen LogP contribution in [0, 0.1) is 5.92 Å². The van der Waals surface area contributed by atoms with Gasteiger partial charge in [-0.1, -0.05) is 13.8 Å². The highest BCUT2D eigenvalue weighted by atomic mass is 16.5. The molecule has 3 atom stereocenters. The Labute approximate surface area is 117 Å². The predicted octanol–water partition coefficient (Wildman–Crippen LogP) is 1.50. The maximum absolute atomic E-state index is 6.13. The van der Waals surface area contributed by atoms with Gasteiger partial charge in [-0.05, 0) is 38.8 Å². The fraction of sp³-hybridized carbons (Fsp3) is 1.00. The highest BCUT2D eigenvalue weighted by molar-refractivity contribution is 4.81. The zero-order chi connectivity index (χ0) is 13.7. The Morgan fingerprint density at radius 1 is 1.21 bits per heavy atom. The molecule has 2 heterocycles. The molecule has 4 nitrogen and oxygen atoms in total. The smallest absolute Gasteiger partial charge is 0.0707 e. The van der Waals surface area contributed by atoms with Crippen molar-refractivity contribution in [2.75, 3.05) is 39.9 Å². The van der Waals surface area contributed by atoms with Crippen molar-refractivity contribution < 1.29 is 9.47 Å². The summed E-state index contributed by atoms with van der Waals surface area (Å²) in [5.41, 5.74) is 0. The van der Waals surface area contributed by atoms with Gasteiger partial charge in [-0.3, -0.25) is 4.90 Å². The van der Waals surface area contributed by atoms with Crippen LogP contribution in [0.4, 0.5) is 0 Å². The maximum Gasteiger partial charge on any atom is 0.0707 e. The third-order valence-corrected chi connectivity index (χ3v) is 4.14. The molecule has 0 aromatic rings. The summed E-state index contributed by atoms with van der Waals surface area (Å²) in [5.74, 6) is 0.714. The second kappa shape index (κ2) is 7.58. The Kier molecular flexibility index (Phi) is 6.07. The van der Waals surface area contributed by atoms with E-state index in [4.69, 9.17) is 9.47 Å². The molecule has 4 heteroatoms. The largest absolute Gasteiger partial charge is 0.380 e. The molecular formula is C15H30N2O2. The predicted molar refractivity (Wildman–Crippen MR) is 77.5 cm³/mol. The second-order valence-electron chi connectivity index (χ2n) is 6.47. The first-order valence-electron chi connectivity index (χ1n) is 7.79. The third-order valence-electron chi connectivity index (χ3n) is 4.14. The van der Waals surface area contributed by atoms with Gasteiger partial charge in [0.25, 0.3) is 0 Å². The number of ether oxygens (including phenoxy) is 2. The summed E-state index contributed by atoms with van der Waals surface area (Å²) < 4.78 is 11.6. The zero-order valence-corrected chi connectivity index (χ0v) is 12.7. The van der Waals surface area contributed by atoms with Crippen LogP contribution in [0.25, 0.3) is 0 Å². The van der Waals surface area contributed by atoms with Gasteiger partial charge < -0.3 is 14.8 Å². The first-order valence-corrected chi connectivity index (χ1v) is 7.79. The number of likely N-dealkylation sites (N-methyl/N-ethyl adjacent to an activating group) is 1. The number of rotatable bonds is 7. The molecule has 3 unspecified atom stereocenters. The van der Waals surface area contributed by atoms with Gasteiger partial charge in [-0.15, -0.1) is 0 Å². The first kappa shape index (κ1) is 15.2. The molecule has 1 N–H and O–H groups in total. The Morgan fingerprint density at radius 3 is 2.68 bits per heavy atom. The SMILES string of the molecule is CC(C)CNCC1CCC(CN(C)C2CCOC2)O1. The summed E-state index contributed by atoms with van der Waals surface area (Å²) in [4.78, 5) is 2.42. The summed E-state index contributed by atoms with van der Waals surface area (Å²) in [5, 5.41) is 3.50. The molecule has 2 aliphatic heterocycles. The van der Waals surface area contributed by atoms with Gasteiger partial charge in [0.2, 0.25) is 0 Å². The summed E-state index contributed by atoms with van der Waals surface area (Å²) in [7, 11) is 2.20. The number of nitrogens with zero attached hydrogens (tertiary/aromatic N) is 1. The van der Waals surface area contributed by atoms with Crippen LogP contribution in [0.2, 0.25) is 0 Å². The molecule has 2 rings (SSSR count). The summed E-state index contributed by atoms with van der Waals surface area (Å²) in [6.07, 6.45) is 4.40. The topological polar surface area (TPSA) is 33.7 Å². The Balaban J connectivity index is 1.61. The number of nitrogens with one attached hydrogen (secondary N) is 1. The molecule has 112 valence electrons. The molecule has 19 heavy (non-hydrogen) atoms. The van der Waals surface area contributed by atoms with E-state index in [0.29, 0.717) is 24.2 Å². The quantitative estimate of drug-likeness (QED) is 0.760. The van der Waals surface area contributed by atoms with Crippen molar-refractivity contribution in [2.45, 2.75) is 51.4 Å². The average molecular weight is 270 g/mol. The fourth-order valence-electron chi connectivity index (χ4n) is 2.94. The Hall–Kier alpha value is -0.160. The van der Waals surface area contributed by atoms with Crippen molar-refractivity contribution in [3.05, 3.63) is 0 Å². The van der Waals surface area contributed by atoms with Crippen molar-refractivity contribution in [1.82, 2.24) is 10.2 Å². The van der Waals surface area contributed by atoms with E-state index in [1.54, 1.807) is 0 Å². The van der Waals surface area contributed by atoms with Gasteiger partial charge in [0, 0.05) is 25.7 Å². The summed E-state index contributed by atoms with van der Waals surface area (Å²) in [6, 6.07) is 0.599. The second-order valence-corrected chi connectivity index (χ2v) is 6.47. The minimum absolute atomic E-state index is 0.413. The average Bonchev–Trinajstić information content (AvgIpc) is 2.99. The van der Waals surface area contributed by atoms with Crippen molar-refractivity contribution in [1.29, 1.82) is 0 Å². The van der Waals surface area contributed by atoms with Gasteiger partial charge in [0.15, 0.2) is 0 Å². The molecule has 0 saturated carbocycles. The molecule has 0 spiro atoms. The molecule has 2 saturated heterocycles. The van der Waals surface area contributed by atoms with Crippen LogP contribution >= 0.6 is 0 Å². The zero-order valence-electron chi connectivity index (χ0n) is 12.7. The lowest BCUT2D eigenvalue weighted by Gasteiger charge is -2.26. The lowest BCUT2D eigenvalue weighted by molar-refractivity contribution is 0.0193. The maximum atomic E-state index is 6.13. The van der Waals surface area contributed by atoms with Crippen LogP contribution in [0.5, 0.6) is 0 Å². The number of hydrogen-bond acceptors (Lipinski definition) is 4. The molecular weight excluding hydrogens is 240 g/mol. The van der Waals surface area contributed by atoms with E-state index in [9.17, 15) is 0 Å². The van der Waals surface area contributed by atoms with Crippen LogP contribution in [0.3, 0.4) is 0 Å². The van der Waals surface area contributed by atoms with Crippen LogP contribution in [0.15, 0.2) is 0 Å². The van der Waals surface area contributed by atoms with Crippen LogP contribution in [-0.4, -0.2) is 63.0 Å². The van der Waals surface area contributed by atoms with Crippen molar-refractivity contribution >= 4 is 0 Å². The highest BCUT2D eigenvalue weighted by Gasteiger charge is 2.28. The molecule has 0 radical (unpaired) electrons. The Bertz CT molecular complexity index is 255. The van der Waals surface area contributed by atoms with Crippen molar-refractivity contribution in [3.63, 3.8) is 0 Å². The molecule has 0 amide bonds. The van der Waals surface area contributed by atoms with Gasteiger partial charge in [-0.2, -0.15) is 0 Å². The molecule has 2 fully saturated rings. The van der Waals surface area contributed by atoms with Gasteiger partial charge in [0.05, 0.1) is 18.8 Å². The molecule has 2 aliphatic rings. The summed E-state index contributed by atoms with van der Waals surface area (Å²) in [6.45, 7) is 9.43. The molecule has 0 bridgehead atoms. The van der Waals surface area contributed by atoms with E-state index >= 15 is 0 Å². The highest BCUT2D eigenvalue weighted by Crippen LogP contribution is 2.21. The molecule has 0 aliphatic carbocycles. The van der Waals surface area contributed by atoms with E-state index in [0.717, 1.165) is 32.8 Å². The van der Waals surface area contributed by atoms with E-state index in [1.165, 1.54) is 19.3 Å². The summed E-state index contributed by atoms with van der Waals surface area (Å²) >= 11 is 0. The first-order chi connectivity index (χ1) is 9.15. The Morgan fingerprint density at radius 2 is 2.00 bits per heavy atom. The standard InChI is InChI=1S/C15H30N2O2/c1-12(2)8-16-9-14-4-5-15(19-14)10-17(3)13-6-7-18-11-13/h12-16H,4-11H2,1-3H3. The van der Waals surface area contributed by atoms with Gasteiger partial charge >= 0.3 is 0 Å². The minimum Gasteiger partial charge on any atom is -0.380 e.